The Labute approximate surface area is 177 Å². The van der Waals surface area contributed by atoms with Crippen LogP contribution in [0.25, 0.3) is 10.9 Å². The number of aromatic nitrogens is 2. The summed E-state index contributed by atoms with van der Waals surface area (Å²) in [5.74, 6) is 0.378. The highest BCUT2D eigenvalue weighted by Gasteiger charge is 2.36. The number of benzene rings is 1. The van der Waals surface area contributed by atoms with Gasteiger partial charge in [-0.25, -0.2) is 14.4 Å². The zero-order valence-electron chi connectivity index (χ0n) is 17.8. The highest BCUT2D eigenvalue weighted by atomic mass is 19.1. The van der Waals surface area contributed by atoms with E-state index in [1.54, 1.807) is 18.3 Å². The van der Waals surface area contributed by atoms with Gasteiger partial charge in [-0.2, -0.15) is 0 Å². The van der Waals surface area contributed by atoms with Crippen LogP contribution in [0.4, 0.5) is 15.9 Å². The highest BCUT2D eigenvalue weighted by molar-refractivity contribution is 5.81. The molecule has 0 bridgehead atoms. The molecule has 0 saturated carbocycles. The molecule has 1 aromatic carbocycles. The van der Waals surface area contributed by atoms with Crippen molar-refractivity contribution in [3.8, 4) is 0 Å². The minimum absolute atomic E-state index is 0.170. The van der Waals surface area contributed by atoms with Gasteiger partial charge in [0.1, 0.15) is 17.2 Å². The van der Waals surface area contributed by atoms with Gasteiger partial charge < -0.3 is 15.3 Å². The fourth-order valence-corrected chi connectivity index (χ4v) is 4.17. The number of aryl methyl sites for hydroxylation is 1. The molecule has 1 saturated heterocycles. The number of piperidine rings is 1. The van der Waals surface area contributed by atoms with E-state index < -0.39 is 5.60 Å². The first-order chi connectivity index (χ1) is 14.4. The van der Waals surface area contributed by atoms with Crippen molar-refractivity contribution in [3.63, 3.8) is 0 Å². The lowest BCUT2D eigenvalue weighted by Crippen LogP contribution is -2.41. The molecule has 0 spiro atoms. The van der Waals surface area contributed by atoms with Crippen molar-refractivity contribution in [2.24, 2.45) is 5.92 Å². The Hall–Kier alpha value is -2.57. The van der Waals surface area contributed by atoms with E-state index in [0.717, 1.165) is 48.8 Å². The minimum atomic E-state index is -0.992. The molecule has 1 atom stereocenters. The van der Waals surface area contributed by atoms with E-state index >= 15 is 0 Å². The van der Waals surface area contributed by atoms with Gasteiger partial charge in [-0.3, -0.25) is 0 Å². The molecule has 3 aromatic rings. The number of hydrogen-bond donors (Lipinski definition) is 2. The third-order valence-electron chi connectivity index (χ3n) is 6.31. The standard InChI is InChI=1S/C24H29FN4O/c1-4-16-5-7-19(25)21(13-16)28-23-14-20-17(15-26-23)6-8-22(27-20)24(2,30)18-9-11-29(3)12-10-18/h5-8,13-15,18,30H,4,9-12H2,1-3H3,(H,26,28)/t24-/m1/s1. The summed E-state index contributed by atoms with van der Waals surface area (Å²) < 4.78 is 14.2. The van der Waals surface area contributed by atoms with Gasteiger partial charge in [0.05, 0.1) is 16.9 Å². The molecule has 0 aliphatic carbocycles. The number of anilines is 2. The molecule has 0 amide bonds. The molecule has 6 heteroatoms. The first-order valence-electron chi connectivity index (χ1n) is 10.6. The van der Waals surface area contributed by atoms with Gasteiger partial charge in [0.2, 0.25) is 0 Å². The van der Waals surface area contributed by atoms with Gasteiger partial charge in [-0.05, 0) is 82.1 Å². The van der Waals surface area contributed by atoms with E-state index in [2.05, 4.69) is 22.2 Å². The smallest absolute Gasteiger partial charge is 0.146 e. The van der Waals surface area contributed by atoms with Crippen molar-refractivity contribution < 1.29 is 9.50 Å². The Kier molecular flexibility index (Phi) is 5.71. The van der Waals surface area contributed by atoms with Crippen molar-refractivity contribution >= 4 is 22.4 Å². The van der Waals surface area contributed by atoms with Crippen LogP contribution in [0.5, 0.6) is 0 Å². The molecule has 30 heavy (non-hydrogen) atoms. The summed E-state index contributed by atoms with van der Waals surface area (Å²) in [5.41, 5.74) is 1.85. The SMILES string of the molecule is CCc1ccc(F)c(Nc2cc3nc([C@](C)(O)C4CCN(C)CC4)ccc3cn2)c1. The van der Waals surface area contributed by atoms with E-state index in [1.807, 2.05) is 32.0 Å². The summed E-state index contributed by atoms with van der Waals surface area (Å²) in [7, 11) is 2.11. The lowest BCUT2D eigenvalue weighted by Gasteiger charge is -2.38. The number of hydrogen-bond acceptors (Lipinski definition) is 5. The number of aliphatic hydroxyl groups is 1. The fraction of sp³-hybridized carbons (Fsp3) is 0.417. The Morgan fingerprint density at radius 1 is 1.20 bits per heavy atom. The molecule has 2 aromatic heterocycles. The quantitative estimate of drug-likeness (QED) is 0.645. The van der Waals surface area contributed by atoms with Crippen LogP contribution in [0.3, 0.4) is 0 Å². The van der Waals surface area contributed by atoms with Crippen LogP contribution >= 0.6 is 0 Å². The molecule has 1 aliphatic heterocycles. The number of nitrogens with zero attached hydrogens (tertiary/aromatic N) is 3. The van der Waals surface area contributed by atoms with Crippen LogP contribution < -0.4 is 5.32 Å². The molecule has 0 unspecified atom stereocenters. The van der Waals surface area contributed by atoms with Crippen molar-refractivity contribution in [1.82, 2.24) is 14.9 Å². The van der Waals surface area contributed by atoms with Gasteiger partial charge in [0, 0.05) is 17.6 Å². The maximum atomic E-state index is 14.2. The van der Waals surface area contributed by atoms with E-state index in [0.29, 0.717) is 17.2 Å². The second-order valence-electron chi connectivity index (χ2n) is 8.48. The van der Waals surface area contributed by atoms with Gasteiger partial charge in [-0.1, -0.05) is 13.0 Å². The van der Waals surface area contributed by atoms with Crippen molar-refractivity contribution in [2.75, 3.05) is 25.5 Å². The zero-order valence-corrected chi connectivity index (χ0v) is 17.8. The van der Waals surface area contributed by atoms with E-state index in [-0.39, 0.29) is 11.7 Å². The fourth-order valence-electron chi connectivity index (χ4n) is 4.17. The Balaban J connectivity index is 1.63. The normalized spacial score (nSPS) is 17.8. The number of rotatable bonds is 5. The second-order valence-corrected chi connectivity index (χ2v) is 8.48. The first kappa shape index (κ1) is 20.7. The monoisotopic (exact) mass is 408 g/mol. The summed E-state index contributed by atoms with van der Waals surface area (Å²) in [6, 6.07) is 10.7. The van der Waals surface area contributed by atoms with Crippen LogP contribution in [0.15, 0.2) is 42.6 Å². The van der Waals surface area contributed by atoms with E-state index in [1.165, 1.54) is 6.07 Å². The van der Waals surface area contributed by atoms with Gasteiger partial charge >= 0.3 is 0 Å². The molecule has 1 fully saturated rings. The van der Waals surface area contributed by atoms with E-state index in [4.69, 9.17) is 4.98 Å². The zero-order chi connectivity index (χ0) is 21.3. The summed E-state index contributed by atoms with van der Waals surface area (Å²) in [6.45, 7) is 5.86. The maximum Gasteiger partial charge on any atom is 0.146 e. The lowest BCUT2D eigenvalue weighted by atomic mass is 9.79. The maximum absolute atomic E-state index is 14.2. The summed E-state index contributed by atoms with van der Waals surface area (Å²) in [4.78, 5) is 11.5. The van der Waals surface area contributed by atoms with Gasteiger partial charge in [-0.15, -0.1) is 0 Å². The van der Waals surface area contributed by atoms with Crippen LogP contribution in [0, 0.1) is 11.7 Å². The molecule has 5 nitrogen and oxygen atoms in total. The second kappa shape index (κ2) is 8.28. The molecular formula is C24H29FN4O. The van der Waals surface area contributed by atoms with Crippen molar-refractivity contribution in [1.29, 1.82) is 0 Å². The van der Waals surface area contributed by atoms with Crippen LogP contribution in [-0.4, -0.2) is 40.1 Å². The molecule has 4 rings (SSSR count). The van der Waals surface area contributed by atoms with Crippen molar-refractivity contribution in [2.45, 2.75) is 38.7 Å². The number of halogens is 1. The minimum Gasteiger partial charge on any atom is -0.384 e. The van der Waals surface area contributed by atoms with Gasteiger partial charge in [0.25, 0.3) is 0 Å². The largest absolute Gasteiger partial charge is 0.384 e. The highest BCUT2D eigenvalue weighted by Crippen LogP contribution is 2.36. The third kappa shape index (κ3) is 4.16. The number of fused-ring (bicyclic) bond motifs is 1. The van der Waals surface area contributed by atoms with Crippen LogP contribution in [0.1, 0.15) is 37.9 Å². The van der Waals surface area contributed by atoms with E-state index in [9.17, 15) is 9.50 Å². The van der Waals surface area contributed by atoms with Crippen molar-refractivity contribution in [3.05, 3.63) is 59.7 Å². The van der Waals surface area contributed by atoms with Gasteiger partial charge in [0.15, 0.2) is 0 Å². The Morgan fingerprint density at radius 2 is 1.97 bits per heavy atom. The number of nitrogens with one attached hydrogen (secondary N) is 1. The summed E-state index contributed by atoms with van der Waals surface area (Å²) in [6.07, 6.45) is 4.44. The Bertz CT molecular complexity index is 1040. The Morgan fingerprint density at radius 3 is 2.70 bits per heavy atom. The third-order valence-corrected chi connectivity index (χ3v) is 6.31. The summed E-state index contributed by atoms with van der Waals surface area (Å²) >= 11 is 0. The topological polar surface area (TPSA) is 61.3 Å². The predicted octanol–water partition coefficient (Wildman–Crippen LogP) is 4.62. The molecule has 3 heterocycles. The molecule has 158 valence electrons. The van der Waals surface area contributed by atoms with Crippen LogP contribution in [-0.2, 0) is 12.0 Å². The molecule has 1 aliphatic rings. The average molecular weight is 409 g/mol. The average Bonchev–Trinajstić information content (AvgIpc) is 2.75. The molecular weight excluding hydrogens is 379 g/mol. The predicted molar refractivity (Wildman–Crippen MR) is 118 cm³/mol. The summed E-state index contributed by atoms with van der Waals surface area (Å²) in [5, 5.41) is 15.2. The number of likely N-dealkylation sites (tertiary alicyclic amines) is 1. The first-order valence-corrected chi connectivity index (χ1v) is 10.6. The molecule has 2 N–H and O–H groups in total. The number of pyridine rings is 2. The lowest BCUT2D eigenvalue weighted by molar-refractivity contribution is -0.0334. The molecule has 0 radical (unpaired) electrons. The van der Waals surface area contributed by atoms with Crippen LogP contribution in [0.2, 0.25) is 0 Å².